The lowest BCUT2D eigenvalue weighted by Crippen LogP contribution is -2.23. The highest BCUT2D eigenvalue weighted by atomic mass is 16.5. The van der Waals surface area contributed by atoms with Gasteiger partial charge in [-0.2, -0.15) is 0 Å². The summed E-state index contributed by atoms with van der Waals surface area (Å²) in [6, 6.07) is 3.46. The van der Waals surface area contributed by atoms with Crippen LogP contribution in [0, 0.1) is 5.41 Å². The van der Waals surface area contributed by atoms with Crippen LogP contribution in [-0.4, -0.2) is 32.2 Å². The predicted octanol–water partition coefficient (Wildman–Crippen LogP) is 2.94. The molecule has 5 nitrogen and oxygen atoms in total. The minimum atomic E-state index is -0.357. The Kier molecular flexibility index (Phi) is 4.64. The van der Waals surface area contributed by atoms with Crippen LogP contribution in [-0.2, 0) is 0 Å². The molecule has 0 fully saturated rings. The maximum Gasteiger partial charge on any atom is 0.135 e. The van der Waals surface area contributed by atoms with Crippen molar-refractivity contribution in [3.8, 4) is 17.2 Å². The van der Waals surface area contributed by atoms with Gasteiger partial charge in [-0.3, -0.25) is 0 Å². The summed E-state index contributed by atoms with van der Waals surface area (Å²) in [5.74, 6) is 1.70. The third kappa shape index (κ3) is 3.10. The van der Waals surface area contributed by atoms with Gasteiger partial charge in [0.05, 0.1) is 32.6 Å². The maximum atomic E-state index is 9.33. The predicted molar refractivity (Wildman–Crippen MR) is 73.9 cm³/mol. The fourth-order valence-electron chi connectivity index (χ4n) is 1.81. The van der Waals surface area contributed by atoms with Crippen LogP contribution in [0.5, 0.6) is 17.2 Å². The molecule has 0 saturated heterocycles. The molecule has 0 amide bonds. The quantitative estimate of drug-likeness (QED) is 0.517. The molecule has 0 radical (unpaired) electrons. The number of ether oxygens (including phenoxy) is 3. The molecule has 1 aromatic rings. The van der Waals surface area contributed by atoms with Gasteiger partial charge in [-0.25, -0.2) is 0 Å². The van der Waals surface area contributed by atoms with E-state index in [-0.39, 0.29) is 5.41 Å². The van der Waals surface area contributed by atoms with Crippen molar-refractivity contribution in [2.24, 2.45) is 10.6 Å². The van der Waals surface area contributed by atoms with E-state index in [2.05, 4.69) is 5.16 Å². The average molecular weight is 267 g/mol. The minimum Gasteiger partial charge on any atom is -0.496 e. The zero-order valence-electron chi connectivity index (χ0n) is 12.3. The van der Waals surface area contributed by atoms with Crippen LogP contribution in [0.2, 0.25) is 0 Å². The van der Waals surface area contributed by atoms with Gasteiger partial charge in [-0.15, -0.1) is 0 Å². The van der Waals surface area contributed by atoms with Gasteiger partial charge in [-0.05, 0) is 0 Å². The van der Waals surface area contributed by atoms with Crippen LogP contribution in [0.1, 0.15) is 26.3 Å². The second-order valence-electron chi connectivity index (χ2n) is 5.11. The largest absolute Gasteiger partial charge is 0.496 e. The van der Waals surface area contributed by atoms with Gasteiger partial charge in [0, 0.05) is 17.5 Å². The number of hydrogen-bond donors (Lipinski definition) is 1. The lowest BCUT2D eigenvalue weighted by atomic mass is 9.85. The lowest BCUT2D eigenvalue weighted by molar-refractivity contribution is 0.310. The van der Waals surface area contributed by atoms with Gasteiger partial charge in [0.25, 0.3) is 0 Å². The van der Waals surface area contributed by atoms with Crippen molar-refractivity contribution in [3.63, 3.8) is 0 Å². The highest BCUT2D eigenvalue weighted by Gasteiger charge is 2.28. The van der Waals surface area contributed by atoms with Gasteiger partial charge >= 0.3 is 0 Å². The Morgan fingerprint density at radius 2 is 1.47 bits per heavy atom. The molecular formula is C14H21NO4. The molecule has 1 rings (SSSR count). The van der Waals surface area contributed by atoms with E-state index in [1.165, 1.54) is 0 Å². The molecule has 5 heteroatoms. The Hall–Kier alpha value is -1.91. The molecule has 0 aliphatic rings. The third-order valence-corrected chi connectivity index (χ3v) is 2.76. The van der Waals surface area contributed by atoms with Crippen LogP contribution >= 0.6 is 0 Å². The fraction of sp³-hybridized carbons (Fsp3) is 0.500. The molecule has 0 bridgehead atoms. The van der Waals surface area contributed by atoms with E-state index >= 15 is 0 Å². The number of oxime groups is 1. The first-order valence-electron chi connectivity index (χ1n) is 5.92. The Bertz CT molecular complexity index is 450. The maximum absolute atomic E-state index is 9.33. The molecule has 19 heavy (non-hydrogen) atoms. The van der Waals surface area contributed by atoms with Gasteiger partial charge in [0.1, 0.15) is 17.2 Å². The molecule has 1 N–H and O–H groups in total. The van der Waals surface area contributed by atoms with E-state index in [0.29, 0.717) is 28.5 Å². The Morgan fingerprint density at radius 1 is 1.00 bits per heavy atom. The van der Waals surface area contributed by atoms with E-state index in [1.807, 2.05) is 20.8 Å². The molecule has 0 saturated carbocycles. The molecule has 0 unspecified atom stereocenters. The van der Waals surface area contributed by atoms with Crippen molar-refractivity contribution in [2.75, 3.05) is 21.3 Å². The number of methoxy groups -OCH3 is 3. The van der Waals surface area contributed by atoms with Crippen molar-refractivity contribution in [2.45, 2.75) is 20.8 Å². The summed E-state index contributed by atoms with van der Waals surface area (Å²) in [6.45, 7) is 5.85. The minimum absolute atomic E-state index is 0.357. The van der Waals surface area contributed by atoms with E-state index in [1.54, 1.807) is 33.5 Å². The topological polar surface area (TPSA) is 60.3 Å². The first-order chi connectivity index (χ1) is 8.88. The molecule has 0 spiro atoms. The number of rotatable bonds is 4. The summed E-state index contributed by atoms with van der Waals surface area (Å²) in [5, 5.41) is 12.7. The first kappa shape index (κ1) is 15.1. The summed E-state index contributed by atoms with van der Waals surface area (Å²) >= 11 is 0. The van der Waals surface area contributed by atoms with E-state index in [0.717, 1.165) is 0 Å². The Balaban J connectivity index is 3.56. The summed E-state index contributed by atoms with van der Waals surface area (Å²) in [7, 11) is 4.67. The molecule has 0 aliphatic heterocycles. The van der Waals surface area contributed by atoms with Gasteiger partial charge in [-0.1, -0.05) is 25.9 Å². The molecule has 0 heterocycles. The van der Waals surface area contributed by atoms with Crippen LogP contribution in [0.4, 0.5) is 0 Å². The van der Waals surface area contributed by atoms with E-state index in [4.69, 9.17) is 14.2 Å². The van der Waals surface area contributed by atoms with Crippen molar-refractivity contribution >= 4 is 5.71 Å². The zero-order chi connectivity index (χ0) is 14.6. The molecule has 106 valence electrons. The number of hydrogen-bond acceptors (Lipinski definition) is 5. The summed E-state index contributed by atoms with van der Waals surface area (Å²) in [5.41, 5.74) is 0.758. The normalized spacial score (nSPS) is 12.2. The average Bonchev–Trinajstić information content (AvgIpc) is 2.37. The summed E-state index contributed by atoms with van der Waals surface area (Å²) in [6.07, 6.45) is 0. The Labute approximate surface area is 113 Å². The van der Waals surface area contributed by atoms with Crippen LogP contribution in [0.25, 0.3) is 0 Å². The van der Waals surface area contributed by atoms with Crippen molar-refractivity contribution < 1.29 is 19.4 Å². The fourth-order valence-corrected chi connectivity index (χ4v) is 1.81. The smallest absolute Gasteiger partial charge is 0.135 e. The molecule has 0 atom stereocenters. The molecular weight excluding hydrogens is 246 g/mol. The van der Waals surface area contributed by atoms with Gasteiger partial charge < -0.3 is 19.4 Å². The van der Waals surface area contributed by atoms with Crippen LogP contribution < -0.4 is 14.2 Å². The van der Waals surface area contributed by atoms with Gasteiger partial charge in [0.15, 0.2) is 0 Å². The standard InChI is InChI=1S/C14H21NO4/c1-14(2,3)13(15-16)12-10(18-5)7-9(17-4)8-11(12)19-6/h7-8,16H,1-6H3. The SMILES string of the molecule is COc1cc(OC)c(C(=NO)C(C)(C)C)c(OC)c1. The van der Waals surface area contributed by atoms with Crippen LogP contribution in [0.3, 0.4) is 0 Å². The van der Waals surface area contributed by atoms with Gasteiger partial charge in [0.2, 0.25) is 0 Å². The third-order valence-electron chi connectivity index (χ3n) is 2.76. The van der Waals surface area contributed by atoms with E-state index in [9.17, 15) is 5.21 Å². The monoisotopic (exact) mass is 267 g/mol. The second-order valence-corrected chi connectivity index (χ2v) is 5.11. The molecule has 0 aliphatic carbocycles. The highest BCUT2D eigenvalue weighted by molar-refractivity contribution is 6.08. The highest BCUT2D eigenvalue weighted by Crippen LogP contribution is 2.38. The van der Waals surface area contributed by atoms with Crippen molar-refractivity contribution in [1.29, 1.82) is 0 Å². The molecule has 0 aromatic heterocycles. The van der Waals surface area contributed by atoms with Crippen LogP contribution in [0.15, 0.2) is 17.3 Å². The molecule has 1 aromatic carbocycles. The number of nitrogens with zero attached hydrogens (tertiary/aromatic N) is 1. The second kappa shape index (κ2) is 5.82. The van der Waals surface area contributed by atoms with Crippen molar-refractivity contribution in [1.82, 2.24) is 0 Å². The number of benzene rings is 1. The van der Waals surface area contributed by atoms with Crippen molar-refractivity contribution in [3.05, 3.63) is 17.7 Å². The van der Waals surface area contributed by atoms with E-state index < -0.39 is 0 Å². The zero-order valence-corrected chi connectivity index (χ0v) is 12.3. The summed E-state index contributed by atoms with van der Waals surface area (Å²) in [4.78, 5) is 0. The lowest BCUT2D eigenvalue weighted by Gasteiger charge is -2.23. The Morgan fingerprint density at radius 3 is 1.74 bits per heavy atom. The first-order valence-corrected chi connectivity index (χ1v) is 5.92. The summed E-state index contributed by atoms with van der Waals surface area (Å²) < 4.78 is 15.9.